The standard InChI is InChI=1S/C20H22FN3O4/c1-12(2)23-20(28)24-16-9-5-14(6-10-16)18(25)22-11-17(19(26)27)13-3-7-15(21)8-4-13/h3-10,12,17H,11H2,1-2H3,(H,22,25)(H,26,27)(H2,23,24,28). The molecule has 0 fully saturated rings. The van der Waals surface area contributed by atoms with Gasteiger partial charge in [-0.25, -0.2) is 9.18 Å². The topological polar surface area (TPSA) is 108 Å². The summed E-state index contributed by atoms with van der Waals surface area (Å²) in [6, 6.07) is 10.9. The molecular formula is C20H22FN3O4. The normalized spacial score (nSPS) is 11.6. The van der Waals surface area contributed by atoms with Crippen molar-refractivity contribution in [3.05, 3.63) is 65.5 Å². The Balaban J connectivity index is 1.97. The van der Waals surface area contributed by atoms with Gasteiger partial charge in [0.2, 0.25) is 0 Å². The number of urea groups is 1. The fraction of sp³-hybridized carbons (Fsp3) is 0.250. The maximum absolute atomic E-state index is 13.0. The maximum Gasteiger partial charge on any atom is 0.319 e. The maximum atomic E-state index is 13.0. The van der Waals surface area contributed by atoms with Crippen molar-refractivity contribution in [2.75, 3.05) is 11.9 Å². The molecular weight excluding hydrogens is 365 g/mol. The number of aliphatic carboxylic acids is 1. The molecule has 2 rings (SSSR count). The van der Waals surface area contributed by atoms with Crippen molar-refractivity contribution in [2.24, 2.45) is 0 Å². The lowest BCUT2D eigenvalue weighted by Crippen LogP contribution is -2.34. The van der Waals surface area contributed by atoms with Crippen molar-refractivity contribution in [1.29, 1.82) is 0 Å². The number of benzene rings is 2. The van der Waals surface area contributed by atoms with Crippen LogP contribution in [0.5, 0.6) is 0 Å². The van der Waals surface area contributed by atoms with Crippen LogP contribution < -0.4 is 16.0 Å². The van der Waals surface area contributed by atoms with Gasteiger partial charge in [-0.2, -0.15) is 0 Å². The largest absolute Gasteiger partial charge is 0.481 e. The zero-order valence-corrected chi connectivity index (χ0v) is 15.5. The summed E-state index contributed by atoms with van der Waals surface area (Å²) in [6.07, 6.45) is 0. The van der Waals surface area contributed by atoms with Crippen molar-refractivity contribution >= 4 is 23.6 Å². The number of amides is 3. The average Bonchev–Trinajstić information content (AvgIpc) is 2.62. The molecule has 1 atom stereocenters. The van der Waals surface area contributed by atoms with E-state index in [1.165, 1.54) is 36.4 Å². The van der Waals surface area contributed by atoms with Gasteiger partial charge >= 0.3 is 12.0 Å². The van der Waals surface area contributed by atoms with E-state index in [1.54, 1.807) is 12.1 Å². The second-order valence-corrected chi connectivity index (χ2v) is 6.48. The van der Waals surface area contributed by atoms with Gasteiger partial charge in [0, 0.05) is 23.8 Å². The van der Waals surface area contributed by atoms with Gasteiger partial charge < -0.3 is 21.1 Å². The van der Waals surface area contributed by atoms with E-state index >= 15 is 0 Å². The highest BCUT2D eigenvalue weighted by atomic mass is 19.1. The number of carboxylic acid groups (broad SMARTS) is 1. The Kier molecular flexibility index (Phi) is 7.08. The molecule has 2 aromatic rings. The van der Waals surface area contributed by atoms with Crippen LogP contribution in [-0.2, 0) is 4.79 Å². The number of carbonyl (C=O) groups excluding carboxylic acids is 2. The third-order valence-electron chi connectivity index (χ3n) is 3.86. The van der Waals surface area contributed by atoms with Gasteiger partial charge in [-0.05, 0) is 55.8 Å². The Morgan fingerprint density at radius 3 is 2.14 bits per heavy atom. The molecule has 0 bridgehead atoms. The number of hydrogen-bond acceptors (Lipinski definition) is 3. The molecule has 0 saturated carbocycles. The SMILES string of the molecule is CC(C)NC(=O)Nc1ccc(C(=O)NCC(C(=O)O)c2ccc(F)cc2)cc1. The number of hydrogen-bond donors (Lipinski definition) is 4. The predicted molar refractivity (Wildman–Crippen MR) is 103 cm³/mol. The molecule has 0 heterocycles. The van der Waals surface area contributed by atoms with E-state index in [4.69, 9.17) is 0 Å². The van der Waals surface area contributed by atoms with Crippen LogP contribution in [0.1, 0.15) is 35.7 Å². The highest BCUT2D eigenvalue weighted by Crippen LogP contribution is 2.16. The first kappa shape index (κ1) is 20.9. The molecule has 1 unspecified atom stereocenters. The van der Waals surface area contributed by atoms with Gasteiger partial charge in [-0.3, -0.25) is 9.59 Å². The third kappa shape index (κ3) is 6.08. The molecule has 3 amide bonds. The van der Waals surface area contributed by atoms with E-state index in [0.717, 1.165) is 0 Å². The molecule has 0 aliphatic heterocycles. The molecule has 0 aliphatic rings. The van der Waals surface area contributed by atoms with E-state index in [1.807, 2.05) is 13.8 Å². The molecule has 0 spiro atoms. The number of rotatable bonds is 7. The van der Waals surface area contributed by atoms with Gasteiger partial charge in [-0.1, -0.05) is 12.1 Å². The van der Waals surface area contributed by atoms with Crippen molar-refractivity contribution in [3.8, 4) is 0 Å². The molecule has 0 aromatic heterocycles. The number of halogens is 1. The smallest absolute Gasteiger partial charge is 0.319 e. The fourth-order valence-electron chi connectivity index (χ4n) is 2.47. The molecule has 0 aliphatic carbocycles. The van der Waals surface area contributed by atoms with E-state index in [0.29, 0.717) is 16.8 Å². The number of carboxylic acids is 1. The summed E-state index contributed by atoms with van der Waals surface area (Å²) in [6.45, 7) is 3.53. The minimum Gasteiger partial charge on any atom is -0.481 e. The Bertz CT molecular complexity index is 836. The van der Waals surface area contributed by atoms with Crippen molar-refractivity contribution in [1.82, 2.24) is 10.6 Å². The lowest BCUT2D eigenvalue weighted by Gasteiger charge is -2.14. The van der Waals surface area contributed by atoms with Crippen LogP contribution in [0.4, 0.5) is 14.9 Å². The monoisotopic (exact) mass is 387 g/mol. The average molecular weight is 387 g/mol. The molecule has 0 radical (unpaired) electrons. The summed E-state index contributed by atoms with van der Waals surface area (Å²) in [5.41, 5.74) is 1.23. The third-order valence-corrected chi connectivity index (χ3v) is 3.86. The first-order chi connectivity index (χ1) is 13.3. The van der Waals surface area contributed by atoms with Crippen LogP contribution in [0.3, 0.4) is 0 Å². The van der Waals surface area contributed by atoms with Gasteiger partial charge in [-0.15, -0.1) is 0 Å². The summed E-state index contributed by atoms with van der Waals surface area (Å²) < 4.78 is 13.0. The van der Waals surface area contributed by atoms with Gasteiger partial charge in [0.15, 0.2) is 0 Å². The molecule has 0 saturated heterocycles. The van der Waals surface area contributed by atoms with Crippen LogP contribution in [0.2, 0.25) is 0 Å². The minimum atomic E-state index is -1.12. The molecule has 2 aromatic carbocycles. The Morgan fingerprint density at radius 1 is 1.00 bits per heavy atom. The highest BCUT2D eigenvalue weighted by Gasteiger charge is 2.21. The number of nitrogens with one attached hydrogen (secondary N) is 3. The predicted octanol–water partition coefficient (Wildman–Crippen LogP) is 2.95. The summed E-state index contributed by atoms with van der Waals surface area (Å²) in [5.74, 6) is -3.04. The summed E-state index contributed by atoms with van der Waals surface area (Å²) in [7, 11) is 0. The van der Waals surface area contributed by atoms with Crippen LogP contribution in [0.25, 0.3) is 0 Å². The Hall–Kier alpha value is -3.42. The van der Waals surface area contributed by atoms with Crippen molar-refractivity contribution in [2.45, 2.75) is 25.8 Å². The number of carbonyl (C=O) groups is 3. The quantitative estimate of drug-likeness (QED) is 0.586. The second-order valence-electron chi connectivity index (χ2n) is 6.48. The van der Waals surface area contributed by atoms with Crippen LogP contribution in [0.15, 0.2) is 48.5 Å². The first-order valence-electron chi connectivity index (χ1n) is 8.70. The summed E-state index contributed by atoms with van der Waals surface area (Å²) in [5, 5.41) is 17.3. The van der Waals surface area contributed by atoms with Crippen LogP contribution in [-0.4, -0.2) is 35.6 Å². The number of anilines is 1. The zero-order chi connectivity index (χ0) is 20.7. The van der Waals surface area contributed by atoms with E-state index in [2.05, 4.69) is 16.0 Å². The second kappa shape index (κ2) is 9.50. The lowest BCUT2D eigenvalue weighted by atomic mass is 9.99. The van der Waals surface area contributed by atoms with E-state index in [9.17, 15) is 23.9 Å². The van der Waals surface area contributed by atoms with Gasteiger partial charge in [0.25, 0.3) is 5.91 Å². The lowest BCUT2D eigenvalue weighted by molar-refractivity contribution is -0.138. The highest BCUT2D eigenvalue weighted by molar-refractivity contribution is 5.96. The Morgan fingerprint density at radius 2 is 1.61 bits per heavy atom. The summed E-state index contributed by atoms with van der Waals surface area (Å²) >= 11 is 0. The van der Waals surface area contributed by atoms with E-state index < -0.39 is 23.6 Å². The Labute approximate surface area is 162 Å². The molecule has 28 heavy (non-hydrogen) atoms. The first-order valence-corrected chi connectivity index (χ1v) is 8.70. The molecule has 148 valence electrons. The molecule has 8 heteroatoms. The fourth-order valence-corrected chi connectivity index (χ4v) is 2.47. The van der Waals surface area contributed by atoms with Crippen LogP contribution >= 0.6 is 0 Å². The van der Waals surface area contributed by atoms with Crippen molar-refractivity contribution < 1.29 is 23.9 Å². The van der Waals surface area contributed by atoms with Gasteiger partial charge in [0.1, 0.15) is 5.82 Å². The molecule has 7 nitrogen and oxygen atoms in total. The zero-order valence-electron chi connectivity index (χ0n) is 15.5. The van der Waals surface area contributed by atoms with Gasteiger partial charge in [0.05, 0.1) is 5.92 Å². The van der Waals surface area contributed by atoms with E-state index in [-0.39, 0.29) is 18.6 Å². The minimum absolute atomic E-state index is 0.00617. The van der Waals surface area contributed by atoms with Crippen molar-refractivity contribution in [3.63, 3.8) is 0 Å². The molecule has 4 N–H and O–H groups in total. The van der Waals surface area contributed by atoms with Crippen LogP contribution in [0, 0.1) is 5.82 Å². The summed E-state index contributed by atoms with van der Waals surface area (Å²) in [4.78, 5) is 35.4.